The third-order valence-electron chi connectivity index (χ3n) is 3.98. The first-order chi connectivity index (χ1) is 11.5. The molecule has 0 spiro atoms. The van der Waals surface area contributed by atoms with E-state index in [0.29, 0.717) is 11.4 Å². The Morgan fingerprint density at radius 3 is 2.42 bits per heavy atom. The SMILES string of the molecule is Cc1ccccc1N1C(=O)CC(Nc2ccc(C(=O)O)cc2)C1=O. The van der Waals surface area contributed by atoms with Crippen LogP contribution >= 0.6 is 0 Å². The number of carbonyl (C=O) groups excluding carboxylic acids is 2. The number of nitrogens with zero attached hydrogens (tertiary/aromatic N) is 1. The molecule has 1 saturated heterocycles. The van der Waals surface area contributed by atoms with E-state index in [4.69, 9.17) is 5.11 Å². The molecule has 0 saturated carbocycles. The van der Waals surface area contributed by atoms with Crippen LogP contribution in [0.25, 0.3) is 0 Å². The van der Waals surface area contributed by atoms with Crippen molar-refractivity contribution in [1.82, 2.24) is 0 Å². The lowest BCUT2D eigenvalue weighted by molar-refractivity contribution is -0.121. The molecule has 6 nitrogen and oxygen atoms in total. The zero-order valence-corrected chi connectivity index (χ0v) is 13.0. The van der Waals surface area contributed by atoms with Crippen molar-refractivity contribution in [3.05, 3.63) is 59.7 Å². The Hall–Kier alpha value is -3.15. The van der Waals surface area contributed by atoms with Crippen LogP contribution in [0.15, 0.2) is 48.5 Å². The molecule has 0 radical (unpaired) electrons. The molecule has 2 amide bonds. The Morgan fingerprint density at radius 1 is 1.12 bits per heavy atom. The van der Waals surface area contributed by atoms with Gasteiger partial charge in [-0.25, -0.2) is 9.69 Å². The van der Waals surface area contributed by atoms with Gasteiger partial charge in [-0.1, -0.05) is 18.2 Å². The van der Waals surface area contributed by atoms with Gasteiger partial charge in [0.25, 0.3) is 5.91 Å². The summed E-state index contributed by atoms with van der Waals surface area (Å²) in [5.74, 6) is -1.58. The second-order valence-electron chi connectivity index (χ2n) is 5.64. The molecular formula is C18H16N2O4. The lowest BCUT2D eigenvalue weighted by Crippen LogP contribution is -2.35. The van der Waals surface area contributed by atoms with Crippen LogP contribution in [0.4, 0.5) is 11.4 Å². The quantitative estimate of drug-likeness (QED) is 0.844. The van der Waals surface area contributed by atoms with E-state index in [2.05, 4.69) is 5.32 Å². The zero-order valence-electron chi connectivity index (χ0n) is 13.0. The minimum atomic E-state index is -1.01. The van der Waals surface area contributed by atoms with Gasteiger partial charge in [0, 0.05) is 5.69 Å². The van der Waals surface area contributed by atoms with E-state index in [1.807, 2.05) is 19.1 Å². The Morgan fingerprint density at radius 2 is 1.79 bits per heavy atom. The van der Waals surface area contributed by atoms with Gasteiger partial charge >= 0.3 is 5.97 Å². The summed E-state index contributed by atoms with van der Waals surface area (Å²) in [5.41, 5.74) is 2.21. The lowest BCUT2D eigenvalue weighted by Gasteiger charge is -2.18. The van der Waals surface area contributed by atoms with E-state index in [-0.39, 0.29) is 23.8 Å². The van der Waals surface area contributed by atoms with Gasteiger partial charge in [-0.05, 0) is 42.8 Å². The van der Waals surface area contributed by atoms with Gasteiger partial charge in [0.2, 0.25) is 5.91 Å². The summed E-state index contributed by atoms with van der Waals surface area (Å²) in [4.78, 5) is 36.9. The van der Waals surface area contributed by atoms with Gasteiger partial charge in [0.1, 0.15) is 6.04 Å². The summed E-state index contributed by atoms with van der Waals surface area (Å²) in [7, 11) is 0. The largest absolute Gasteiger partial charge is 0.478 e. The van der Waals surface area contributed by atoms with E-state index in [1.54, 1.807) is 24.3 Å². The Balaban J connectivity index is 1.79. The molecule has 1 heterocycles. The maximum Gasteiger partial charge on any atom is 0.335 e. The molecule has 1 aliphatic heterocycles. The highest BCUT2D eigenvalue weighted by molar-refractivity contribution is 6.23. The predicted molar refractivity (Wildman–Crippen MR) is 89.1 cm³/mol. The van der Waals surface area contributed by atoms with E-state index in [9.17, 15) is 14.4 Å². The van der Waals surface area contributed by atoms with Crippen LogP contribution in [-0.2, 0) is 9.59 Å². The molecule has 1 fully saturated rings. The van der Waals surface area contributed by atoms with Crippen LogP contribution in [0, 0.1) is 6.92 Å². The van der Waals surface area contributed by atoms with Crippen molar-refractivity contribution in [3.8, 4) is 0 Å². The number of amides is 2. The summed E-state index contributed by atoms with van der Waals surface area (Å²) in [6, 6.07) is 12.6. The number of hydrogen-bond acceptors (Lipinski definition) is 4. The summed E-state index contributed by atoms with van der Waals surface area (Å²) >= 11 is 0. The smallest absolute Gasteiger partial charge is 0.335 e. The average Bonchev–Trinajstić information content (AvgIpc) is 2.83. The molecule has 3 rings (SSSR count). The predicted octanol–water partition coefficient (Wildman–Crippen LogP) is 2.44. The third-order valence-corrected chi connectivity index (χ3v) is 3.98. The van der Waals surface area contributed by atoms with Gasteiger partial charge < -0.3 is 10.4 Å². The molecule has 1 atom stereocenters. The molecule has 0 bridgehead atoms. The summed E-state index contributed by atoms with van der Waals surface area (Å²) in [5, 5.41) is 11.9. The van der Waals surface area contributed by atoms with Crippen LogP contribution in [0.1, 0.15) is 22.3 Å². The highest BCUT2D eigenvalue weighted by Gasteiger charge is 2.40. The van der Waals surface area contributed by atoms with Gasteiger partial charge in [-0.15, -0.1) is 0 Å². The van der Waals surface area contributed by atoms with E-state index < -0.39 is 12.0 Å². The van der Waals surface area contributed by atoms with E-state index >= 15 is 0 Å². The molecule has 0 aromatic heterocycles. The average molecular weight is 324 g/mol. The maximum atomic E-state index is 12.6. The Kier molecular flexibility index (Phi) is 4.04. The molecule has 122 valence electrons. The minimum Gasteiger partial charge on any atom is -0.478 e. The first-order valence-electron chi connectivity index (χ1n) is 7.49. The number of benzene rings is 2. The summed E-state index contributed by atoms with van der Waals surface area (Å²) in [6.45, 7) is 1.85. The number of anilines is 2. The fraction of sp³-hybridized carbons (Fsp3) is 0.167. The van der Waals surface area contributed by atoms with Crippen molar-refractivity contribution in [2.24, 2.45) is 0 Å². The highest BCUT2D eigenvalue weighted by Crippen LogP contribution is 2.27. The normalized spacial score (nSPS) is 17.2. The lowest BCUT2D eigenvalue weighted by atomic mass is 10.1. The second-order valence-corrected chi connectivity index (χ2v) is 5.64. The fourth-order valence-electron chi connectivity index (χ4n) is 2.72. The number of carbonyl (C=O) groups is 3. The molecule has 2 aromatic rings. The van der Waals surface area contributed by atoms with Gasteiger partial charge in [0.15, 0.2) is 0 Å². The molecule has 24 heavy (non-hydrogen) atoms. The Labute approximate surface area is 138 Å². The Bertz CT molecular complexity index is 814. The minimum absolute atomic E-state index is 0.0633. The molecular weight excluding hydrogens is 308 g/mol. The molecule has 1 unspecified atom stereocenters. The number of nitrogens with one attached hydrogen (secondary N) is 1. The number of hydrogen-bond donors (Lipinski definition) is 2. The number of rotatable bonds is 4. The van der Waals surface area contributed by atoms with Crippen molar-refractivity contribution >= 4 is 29.2 Å². The summed E-state index contributed by atoms with van der Waals surface area (Å²) in [6.07, 6.45) is 0.0633. The van der Waals surface area contributed by atoms with Crippen LogP contribution in [0.2, 0.25) is 0 Å². The van der Waals surface area contributed by atoms with Crippen molar-refractivity contribution < 1.29 is 19.5 Å². The first-order valence-corrected chi connectivity index (χ1v) is 7.49. The molecule has 2 aromatic carbocycles. The van der Waals surface area contributed by atoms with Gasteiger partial charge in [0.05, 0.1) is 17.7 Å². The third kappa shape index (κ3) is 2.86. The number of imide groups is 1. The van der Waals surface area contributed by atoms with Crippen LogP contribution in [-0.4, -0.2) is 28.9 Å². The number of aryl methyl sites for hydroxylation is 1. The topological polar surface area (TPSA) is 86.7 Å². The van der Waals surface area contributed by atoms with Crippen LogP contribution in [0.5, 0.6) is 0 Å². The van der Waals surface area contributed by atoms with Crippen molar-refractivity contribution in [1.29, 1.82) is 0 Å². The molecule has 0 aliphatic carbocycles. The van der Waals surface area contributed by atoms with Crippen LogP contribution < -0.4 is 10.2 Å². The number of aromatic carboxylic acids is 1. The molecule has 1 aliphatic rings. The van der Waals surface area contributed by atoms with Crippen LogP contribution in [0.3, 0.4) is 0 Å². The number of para-hydroxylation sites is 1. The second kappa shape index (κ2) is 6.16. The number of carboxylic acids is 1. The van der Waals surface area contributed by atoms with Gasteiger partial charge in [-0.2, -0.15) is 0 Å². The zero-order chi connectivity index (χ0) is 17.3. The van der Waals surface area contributed by atoms with Gasteiger partial charge in [-0.3, -0.25) is 9.59 Å². The van der Waals surface area contributed by atoms with E-state index in [0.717, 1.165) is 5.56 Å². The highest BCUT2D eigenvalue weighted by atomic mass is 16.4. The first kappa shape index (κ1) is 15.7. The van der Waals surface area contributed by atoms with Crippen molar-refractivity contribution in [3.63, 3.8) is 0 Å². The molecule has 6 heteroatoms. The fourth-order valence-corrected chi connectivity index (χ4v) is 2.72. The molecule has 2 N–H and O–H groups in total. The number of carboxylic acid groups (broad SMARTS) is 1. The van der Waals surface area contributed by atoms with Crippen molar-refractivity contribution in [2.75, 3.05) is 10.2 Å². The van der Waals surface area contributed by atoms with Crippen molar-refractivity contribution in [2.45, 2.75) is 19.4 Å². The van der Waals surface area contributed by atoms with E-state index in [1.165, 1.54) is 17.0 Å². The summed E-state index contributed by atoms with van der Waals surface area (Å²) < 4.78 is 0. The standard InChI is InChI=1S/C18H16N2O4/c1-11-4-2-3-5-15(11)20-16(21)10-14(17(20)22)19-13-8-6-12(7-9-13)18(23)24/h2-9,14,19H,10H2,1H3,(H,23,24). The maximum absolute atomic E-state index is 12.6. The monoisotopic (exact) mass is 324 g/mol.